The number of thiophene rings is 1. The van der Waals surface area contributed by atoms with E-state index in [1.165, 1.54) is 11.3 Å². The van der Waals surface area contributed by atoms with E-state index in [2.05, 4.69) is 13.2 Å². The Hall–Kier alpha value is -0.760. The molecule has 0 atom stereocenters. The van der Waals surface area contributed by atoms with Gasteiger partial charge in [-0.05, 0) is 11.4 Å². The zero-order valence-corrected chi connectivity index (χ0v) is 5.32. The molecule has 1 N–H and O–H groups in total. The van der Waals surface area contributed by atoms with Gasteiger partial charge in [0.2, 0.25) is 0 Å². The van der Waals surface area contributed by atoms with Crippen LogP contribution in [0.25, 0.3) is 0 Å². The molecule has 0 spiro atoms. The highest BCUT2D eigenvalue weighted by molar-refractivity contribution is 7.08. The molecular weight excluding hydrogens is 120 g/mol. The van der Waals surface area contributed by atoms with Gasteiger partial charge in [-0.2, -0.15) is 0 Å². The predicted molar refractivity (Wildman–Crippen MR) is 37.2 cm³/mol. The van der Waals surface area contributed by atoms with Crippen LogP contribution in [0.4, 0.5) is 0 Å². The molecule has 1 aromatic rings. The lowest BCUT2D eigenvalue weighted by atomic mass is 10.6. The minimum absolute atomic E-state index is 0.361. The summed E-state index contributed by atoms with van der Waals surface area (Å²) in [6.45, 7) is 6.00. The lowest BCUT2D eigenvalue weighted by Gasteiger charge is -1.67. The van der Waals surface area contributed by atoms with Crippen molar-refractivity contribution < 1.29 is 5.11 Å². The zero-order chi connectivity index (χ0) is 6.41. The summed E-state index contributed by atoms with van der Waals surface area (Å²) in [5.74, 6) is 0.361. The Morgan fingerprint density at radius 2 is 2.12 bits per heavy atom. The van der Waals surface area contributed by atoms with Crippen LogP contribution in [0, 0.1) is 0 Å². The van der Waals surface area contributed by atoms with Gasteiger partial charge in [-0.1, -0.05) is 0 Å². The molecule has 8 heavy (non-hydrogen) atoms. The highest BCUT2D eigenvalue weighted by atomic mass is 32.1. The Kier molecular flexibility index (Phi) is 3.98. The molecule has 0 fully saturated rings. The second kappa shape index (κ2) is 4.40. The molecule has 0 aliphatic carbocycles. The van der Waals surface area contributed by atoms with Crippen LogP contribution in [0.1, 0.15) is 0 Å². The molecule has 2 heteroatoms. The summed E-state index contributed by atoms with van der Waals surface area (Å²) in [7, 11) is 0. The van der Waals surface area contributed by atoms with Crippen molar-refractivity contribution in [3.05, 3.63) is 30.0 Å². The number of rotatable bonds is 0. The Balaban J connectivity index is 0.000000222. The van der Waals surface area contributed by atoms with Crippen LogP contribution < -0.4 is 0 Å². The van der Waals surface area contributed by atoms with Gasteiger partial charge in [0.1, 0.15) is 5.75 Å². The van der Waals surface area contributed by atoms with Gasteiger partial charge >= 0.3 is 0 Å². The van der Waals surface area contributed by atoms with E-state index in [1.807, 2.05) is 5.38 Å². The first-order valence-corrected chi connectivity index (χ1v) is 3.05. The number of aromatic hydroxyl groups is 1. The molecule has 0 aromatic carbocycles. The molecular formula is C6H8OS. The topological polar surface area (TPSA) is 20.2 Å². The summed E-state index contributed by atoms with van der Waals surface area (Å²) < 4.78 is 0. The zero-order valence-electron chi connectivity index (χ0n) is 4.50. The van der Waals surface area contributed by atoms with Crippen LogP contribution in [0.15, 0.2) is 30.0 Å². The van der Waals surface area contributed by atoms with Gasteiger partial charge in [-0.15, -0.1) is 24.5 Å². The van der Waals surface area contributed by atoms with Crippen molar-refractivity contribution >= 4 is 11.3 Å². The van der Waals surface area contributed by atoms with Crippen LogP contribution in [0.3, 0.4) is 0 Å². The van der Waals surface area contributed by atoms with Crippen molar-refractivity contribution in [2.75, 3.05) is 0 Å². The first-order valence-electron chi connectivity index (χ1n) is 2.11. The third-order valence-corrected chi connectivity index (χ3v) is 1.18. The fraction of sp³-hybridized carbons (Fsp3) is 0. The van der Waals surface area contributed by atoms with Crippen molar-refractivity contribution in [1.82, 2.24) is 0 Å². The third kappa shape index (κ3) is 2.42. The van der Waals surface area contributed by atoms with Crippen molar-refractivity contribution in [3.8, 4) is 5.75 Å². The van der Waals surface area contributed by atoms with Gasteiger partial charge < -0.3 is 5.11 Å². The number of hydrogen-bond acceptors (Lipinski definition) is 2. The van der Waals surface area contributed by atoms with E-state index < -0.39 is 0 Å². The molecule has 1 heterocycles. The fourth-order valence-corrected chi connectivity index (χ4v) is 0.772. The largest absolute Gasteiger partial charge is 0.507 e. The van der Waals surface area contributed by atoms with Gasteiger partial charge in [0, 0.05) is 5.38 Å². The van der Waals surface area contributed by atoms with Gasteiger partial charge in [0.15, 0.2) is 0 Å². The summed E-state index contributed by atoms with van der Waals surface area (Å²) in [6.07, 6.45) is 0. The van der Waals surface area contributed by atoms with Crippen LogP contribution >= 0.6 is 11.3 Å². The predicted octanol–water partition coefficient (Wildman–Crippen LogP) is 2.26. The monoisotopic (exact) mass is 128 g/mol. The lowest BCUT2D eigenvalue weighted by molar-refractivity contribution is 0.478. The molecule has 1 aromatic heterocycles. The molecule has 0 amide bonds. The van der Waals surface area contributed by atoms with Gasteiger partial charge in [-0.3, -0.25) is 0 Å². The van der Waals surface area contributed by atoms with Crippen molar-refractivity contribution in [1.29, 1.82) is 0 Å². The van der Waals surface area contributed by atoms with E-state index in [-0.39, 0.29) is 0 Å². The van der Waals surface area contributed by atoms with Crippen LogP contribution in [-0.2, 0) is 0 Å². The van der Waals surface area contributed by atoms with E-state index in [0.29, 0.717) is 5.75 Å². The minimum atomic E-state index is 0.361. The van der Waals surface area contributed by atoms with Crippen molar-refractivity contribution in [2.24, 2.45) is 0 Å². The van der Waals surface area contributed by atoms with E-state index in [1.54, 1.807) is 11.4 Å². The standard InChI is InChI=1S/C4H4OS.C2H4/c5-4-1-2-6-3-4;1-2/h1-3,5H;1-2H2. The maximum atomic E-state index is 8.48. The van der Waals surface area contributed by atoms with Crippen LogP contribution in [0.2, 0.25) is 0 Å². The third-order valence-electron chi connectivity index (χ3n) is 0.506. The molecule has 0 aliphatic heterocycles. The maximum Gasteiger partial charge on any atom is 0.126 e. The summed E-state index contributed by atoms with van der Waals surface area (Å²) >= 11 is 1.49. The Morgan fingerprint density at radius 1 is 1.50 bits per heavy atom. The summed E-state index contributed by atoms with van der Waals surface area (Å²) in [5.41, 5.74) is 0. The molecule has 0 radical (unpaired) electrons. The molecule has 1 rings (SSSR count). The highest BCUT2D eigenvalue weighted by Gasteiger charge is 1.77. The first-order chi connectivity index (χ1) is 3.89. The van der Waals surface area contributed by atoms with Gasteiger partial charge in [0.05, 0.1) is 0 Å². The van der Waals surface area contributed by atoms with E-state index in [4.69, 9.17) is 5.11 Å². The molecule has 1 nitrogen and oxygen atoms in total. The van der Waals surface area contributed by atoms with Gasteiger partial charge in [-0.25, -0.2) is 0 Å². The summed E-state index contributed by atoms with van der Waals surface area (Å²) in [6, 6.07) is 1.66. The first kappa shape index (κ1) is 7.24. The average Bonchev–Trinajstić information content (AvgIpc) is 2.24. The second-order valence-corrected chi connectivity index (χ2v) is 1.76. The average molecular weight is 128 g/mol. The second-order valence-electron chi connectivity index (χ2n) is 0.982. The van der Waals surface area contributed by atoms with Crippen molar-refractivity contribution in [3.63, 3.8) is 0 Å². The molecule has 0 saturated carbocycles. The van der Waals surface area contributed by atoms with Crippen molar-refractivity contribution in [2.45, 2.75) is 0 Å². The van der Waals surface area contributed by atoms with Crippen LogP contribution in [-0.4, -0.2) is 5.11 Å². The number of hydrogen-bond donors (Lipinski definition) is 1. The Bertz CT molecular complexity index is 123. The highest BCUT2D eigenvalue weighted by Crippen LogP contribution is 2.10. The summed E-state index contributed by atoms with van der Waals surface area (Å²) in [4.78, 5) is 0. The minimum Gasteiger partial charge on any atom is -0.507 e. The fourth-order valence-electron chi connectivity index (χ4n) is 0.257. The van der Waals surface area contributed by atoms with E-state index in [9.17, 15) is 0 Å². The normalized spacial score (nSPS) is 7.00. The Morgan fingerprint density at radius 3 is 2.25 bits per heavy atom. The molecule has 44 valence electrons. The van der Waals surface area contributed by atoms with Gasteiger partial charge in [0.25, 0.3) is 0 Å². The molecule has 0 bridgehead atoms. The van der Waals surface area contributed by atoms with E-state index >= 15 is 0 Å². The quantitative estimate of drug-likeness (QED) is 0.531. The summed E-state index contributed by atoms with van der Waals surface area (Å²) in [5, 5.41) is 12.0. The molecule has 0 aliphatic rings. The smallest absolute Gasteiger partial charge is 0.126 e. The van der Waals surface area contributed by atoms with Crippen LogP contribution in [0.5, 0.6) is 5.75 Å². The molecule has 0 unspecified atom stereocenters. The Labute approximate surface area is 52.9 Å². The SMILES string of the molecule is C=C.Oc1ccsc1. The lowest BCUT2D eigenvalue weighted by Crippen LogP contribution is -1.39. The molecule has 0 saturated heterocycles. The maximum absolute atomic E-state index is 8.48. The van der Waals surface area contributed by atoms with E-state index in [0.717, 1.165) is 0 Å².